The Morgan fingerprint density at radius 1 is 0.914 bits per heavy atom. The molecule has 4 rings (SSSR count). The van der Waals surface area contributed by atoms with Crippen LogP contribution in [0.5, 0.6) is 0 Å². The average molecular weight is 490 g/mol. The smallest absolute Gasteiger partial charge is 0.354 e. The number of rotatable bonds is 6. The fraction of sp³-hybridized carbons (Fsp3) is 0.577. The zero-order valence-electron chi connectivity index (χ0n) is 20.7. The van der Waals surface area contributed by atoms with Crippen LogP contribution in [-0.4, -0.2) is 60.0 Å². The molecule has 1 aromatic carbocycles. The van der Waals surface area contributed by atoms with Crippen molar-refractivity contribution >= 4 is 17.4 Å². The van der Waals surface area contributed by atoms with E-state index in [-0.39, 0.29) is 11.7 Å². The van der Waals surface area contributed by atoms with Gasteiger partial charge in [-0.25, -0.2) is 9.97 Å². The summed E-state index contributed by atoms with van der Waals surface area (Å²) < 4.78 is 40.3. The van der Waals surface area contributed by atoms with Crippen molar-refractivity contribution in [2.75, 3.05) is 49.1 Å². The lowest BCUT2D eigenvalue weighted by molar-refractivity contribution is -0.141. The summed E-state index contributed by atoms with van der Waals surface area (Å²) in [6.45, 7) is 9.85. The molecule has 0 spiro atoms. The number of carbonyl (C=O) groups is 1. The summed E-state index contributed by atoms with van der Waals surface area (Å²) >= 11 is 0. The second kappa shape index (κ2) is 10.1. The monoisotopic (exact) mass is 489 g/mol. The molecule has 1 saturated heterocycles. The number of anilines is 2. The van der Waals surface area contributed by atoms with Crippen LogP contribution in [0.1, 0.15) is 57.1 Å². The third kappa shape index (κ3) is 6.12. The molecule has 1 fully saturated rings. The van der Waals surface area contributed by atoms with E-state index in [4.69, 9.17) is 0 Å². The summed E-state index contributed by atoms with van der Waals surface area (Å²) in [6.07, 6.45) is -1.25. The van der Waals surface area contributed by atoms with Crippen LogP contribution in [0.15, 0.2) is 30.3 Å². The van der Waals surface area contributed by atoms with E-state index < -0.39 is 17.3 Å². The molecule has 0 aliphatic carbocycles. The van der Waals surface area contributed by atoms with E-state index in [1.807, 2.05) is 48.8 Å². The predicted octanol–water partition coefficient (Wildman–Crippen LogP) is 4.67. The number of benzene rings is 1. The van der Waals surface area contributed by atoms with E-state index in [2.05, 4.69) is 20.9 Å². The van der Waals surface area contributed by atoms with Crippen molar-refractivity contribution in [1.82, 2.24) is 14.9 Å². The number of halogens is 3. The number of amides is 1. The molecule has 2 aliphatic rings. The molecular formula is C26H34F3N5O. The summed E-state index contributed by atoms with van der Waals surface area (Å²) in [7, 11) is 0. The summed E-state index contributed by atoms with van der Waals surface area (Å²) in [6, 6.07) is 9.17. The van der Waals surface area contributed by atoms with E-state index in [0.717, 1.165) is 50.7 Å². The van der Waals surface area contributed by atoms with Gasteiger partial charge in [-0.1, -0.05) is 39.0 Å². The highest BCUT2D eigenvalue weighted by Gasteiger charge is 2.36. The van der Waals surface area contributed by atoms with Crippen molar-refractivity contribution in [2.45, 2.75) is 58.0 Å². The van der Waals surface area contributed by atoms with E-state index >= 15 is 0 Å². The fourth-order valence-corrected chi connectivity index (χ4v) is 4.62. The number of aryl methyl sites for hydroxylation is 1. The maximum Gasteiger partial charge on any atom is 0.433 e. The number of para-hydroxylation sites is 1. The number of aromatic nitrogens is 2. The number of alkyl halides is 3. The number of fused-ring (bicyclic) bond motifs is 1. The molecule has 35 heavy (non-hydrogen) atoms. The number of hydrogen-bond donors (Lipinski definition) is 0. The van der Waals surface area contributed by atoms with Gasteiger partial charge in [-0.3, -0.25) is 9.69 Å². The van der Waals surface area contributed by atoms with Gasteiger partial charge in [0.15, 0.2) is 0 Å². The lowest BCUT2D eigenvalue weighted by Crippen LogP contribution is -2.47. The lowest BCUT2D eigenvalue weighted by atomic mass is 9.95. The Morgan fingerprint density at radius 3 is 2.29 bits per heavy atom. The maximum atomic E-state index is 13.4. The summed E-state index contributed by atoms with van der Waals surface area (Å²) in [5.41, 5.74) is 0.809. The number of nitrogens with zero attached hydrogens (tertiary/aromatic N) is 5. The Bertz CT molecular complexity index is 1010. The van der Waals surface area contributed by atoms with Gasteiger partial charge in [-0.2, -0.15) is 13.2 Å². The molecule has 0 unspecified atom stereocenters. The molecular weight excluding hydrogens is 455 g/mol. The van der Waals surface area contributed by atoms with Gasteiger partial charge >= 0.3 is 6.18 Å². The topological polar surface area (TPSA) is 52.6 Å². The van der Waals surface area contributed by atoms with E-state index in [0.29, 0.717) is 31.9 Å². The first-order chi connectivity index (χ1) is 16.5. The predicted molar refractivity (Wildman–Crippen MR) is 131 cm³/mol. The van der Waals surface area contributed by atoms with Crippen LogP contribution in [0.25, 0.3) is 0 Å². The van der Waals surface area contributed by atoms with Gasteiger partial charge in [0, 0.05) is 56.3 Å². The largest absolute Gasteiger partial charge is 0.433 e. The van der Waals surface area contributed by atoms with Crippen molar-refractivity contribution in [3.05, 3.63) is 47.4 Å². The molecule has 0 bridgehead atoms. The highest BCUT2D eigenvalue weighted by molar-refractivity contribution is 5.96. The van der Waals surface area contributed by atoms with E-state index in [1.165, 1.54) is 5.56 Å². The van der Waals surface area contributed by atoms with Crippen molar-refractivity contribution in [1.29, 1.82) is 0 Å². The van der Waals surface area contributed by atoms with Gasteiger partial charge < -0.3 is 9.80 Å². The van der Waals surface area contributed by atoms with Gasteiger partial charge in [0.1, 0.15) is 17.3 Å². The highest BCUT2D eigenvalue weighted by Crippen LogP contribution is 2.32. The van der Waals surface area contributed by atoms with E-state index in [1.54, 1.807) is 0 Å². The first kappa shape index (κ1) is 25.4. The molecule has 9 heteroatoms. The molecule has 0 atom stereocenters. The molecule has 2 aliphatic heterocycles. The van der Waals surface area contributed by atoms with Gasteiger partial charge in [-0.05, 0) is 37.4 Å². The zero-order valence-corrected chi connectivity index (χ0v) is 20.7. The van der Waals surface area contributed by atoms with Gasteiger partial charge in [-0.15, -0.1) is 0 Å². The quantitative estimate of drug-likeness (QED) is 0.552. The van der Waals surface area contributed by atoms with Gasteiger partial charge in [0.25, 0.3) is 0 Å². The third-order valence-electron chi connectivity index (χ3n) is 6.67. The second-order valence-electron chi connectivity index (χ2n) is 10.4. The van der Waals surface area contributed by atoms with E-state index in [9.17, 15) is 18.0 Å². The molecule has 3 heterocycles. The molecule has 2 aromatic rings. The van der Waals surface area contributed by atoms with Crippen LogP contribution >= 0.6 is 0 Å². The molecule has 190 valence electrons. The van der Waals surface area contributed by atoms with Gasteiger partial charge in [0.05, 0.1) is 0 Å². The molecule has 0 N–H and O–H groups in total. The van der Waals surface area contributed by atoms with Crippen LogP contribution in [0.3, 0.4) is 0 Å². The summed E-state index contributed by atoms with van der Waals surface area (Å²) in [5, 5.41) is 0. The minimum absolute atomic E-state index is 0.190. The van der Waals surface area contributed by atoms with Crippen LogP contribution < -0.4 is 9.80 Å². The lowest BCUT2D eigenvalue weighted by Gasteiger charge is -2.36. The highest BCUT2D eigenvalue weighted by atomic mass is 19.4. The Balaban J connectivity index is 1.29. The molecule has 1 amide bonds. The Morgan fingerprint density at radius 2 is 1.60 bits per heavy atom. The second-order valence-corrected chi connectivity index (χ2v) is 10.4. The minimum atomic E-state index is -4.50. The van der Waals surface area contributed by atoms with Crippen LogP contribution in [0, 0.1) is 0 Å². The maximum absolute atomic E-state index is 13.4. The molecule has 0 radical (unpaired) electrons. The number of unbranched alkanes of at least 4 members (excludes halogenated alkanes) is 1. The van der Waals surface area contributed by atoms with Crippen molar-refractivity contribution in [3.63, 3.8) is 0 Å². The van der Waals surface area contributed by atoms with Crippen LogP contribution in [-0.2, 0) is 22.8 Å². The standard InChI is InChI=1S/C26H34F3N5O/c1-25(2,3)24-30-21(26(27,28)29)18-22(31-24)33-16-14-32(15-17-33)12-6-7-13-34-20-9-5-4-8-19(20)10-11-23(34)35/h4-5,8-9,18H,6-7,10-17H2,1-3H3. The first-order valence-corrected chi connectivity index (χ1v) is 12.3. The zero-order chi connectivity index (χ0) is 25.2. The van der Waals surface area contributed by atoms with Crippen molar-refractivity contribution < 1.29 is 18.0 Å². The summed E-state index contributed by atoms with van der Waals surface area (Å²) in [4.78, 5) is 26.9. The Labute approximate surface area is 205 Å². The van der Waals surface area contributed by atoms with Gasteiger partial charge in [0.2, 0.25) is 5.91 Å². The Kier molecular flexibility index (Phi) is 7.35. The van der Waals surface area contributed by atoms with Crippen molar-refractivity contribution in [2.24, 2.45) is 0 Å². The average Bonchev–Trinajstić information content (AvgIpc) is 2.82. The first-order valence-electron chi connectivity index (χ1n) is 12.3. The summed E-state index contributed by atoms with van der Waals surface area (Å²) in [5.74, 6) is 0.743. The van der Waals surface area contributed by atoms with Crippen LogP contribution in [0.2, 0.25) is 0 Å². The SMILES string of the molecule is CC(C)(C)c1nc(N2CCN(CCCCN3C(=O)CCc4ccccc43)CC2)cc(C(F)(F)F)n1. The molecule has 6 nitrogen and oxygen atoms in total. The molecule has 1 aromatic heterocycles. The number of hydrogen-bond acceptors (Lipinski definition) is 5. The van der Waals surface area contributed by atoms with Crippen LogP contribution in [0.4, 0.5) is 24.7 Å². The molecule has 0 saturated carbocycles. The van der Waals surface area contributed by atoms with Crippen molar-refractivity contribution in [3.8, 4) is 0 Å². The fourth-order valence-electron chi connectivity index (χ4n) is 4.62. The Hall–Kier alpha value is -2.68. The number of carbonyl (C=O) groups excluding carboxylic acids is 1. The number of piperazine rings is 1. The minimum Gasteiger partial charge on any atom is -0.354 e. The third-order valence-corrected chi connectivity index (χ3v) is 6.67. The normalized spacial score (nSPS) is 17.6.